The third-order valence-corrected chi connectivity index (χ3v) is 5.27. The fourth-order valence-corrected chi connectivity index (χ4v) is 3.77. The maximum absolute atomic E-state index is 5.74. The van der Waals surface area contributed by atoms with Gasteiger partial charge in [-0.2, -0.15) is 0 Å². The van der Waals surface area contributed by atoms with Gasteiger partial charge in [-0.15, -0.1) is 11.3 Å². The molecule has 0 aromatic carbocycles. The average Bonchev–Trinajstić information content (AvgIpc) is 3.23. The van der Waals surface area contributed by atoms with Crippen molar-refractivity contribution in [3.05, 3.63) is 41.4 Å². The molecule has 0 spiro atoms. The highest BCUT2D eigenvalue weighted by atomic mass is 32.1. The fraction of sp³-hybridized carbons (Fsp3) is 0.474. The second-order valence-electron chi connectivity index (χ2n) is 6.14. The van der Waals surface area contributed by atoms with Crippen LogP contribution in [-0.2, 0) is 6.54 Å². The van der Waals surface area contributed by atoms with E-state index in [1.165, 1.54) is 5.00 Å². The van der Waals surface area contributed by atoms with E-state index in [0.717, 1.165) is 44.1 Å². The zero-order valence-corrected chi connectivity index (χ0v) is 16.3. The second-order valence-corrected chi connectivity index (χ2v) is 7.07. The number of aliphatic imine (C=N–C) groups is 1. The molecular weight excluding hydrogens is 346 g/mol. The zero-order chi connectivity index (χ0) is 18.2. The highest BCUT2D eigenvalue weighted by molar-refractivity contribution is 7.14. The van der Waals surface area contributed by atoms with E-state index in [4.69, 9.17) is 4.74 Å². The Labute approximate surface area is 159 Å². The maximum atomic E-state index is 5.74. The van der Waals surface area contributed by atoms with Crippen LogP contribution in [0.4, 0.5) is 5.00 Å². The molecule has 0 bridgehead atoms. The summed E-state index contributed by atoms with van der Waals surface area (Å²) in [7, 11) is 1.84. The summed E-state index contributed by atoms with van der Waals surface area (Å²) in [4.78, 5) is 13.6. The molecule has 7 heteroatoms. The lowest BCUT2D eigenvalue weighted by Gasteiger charge is -2.37. The summed E-state index contributed by atoms with van der Waals surface area (Å²) in [6.45, 7) is 7.39. The summed E-state index contributed by atoms with van der Waals surface area (Å²) in [6, 6.07) is 8.29. The summed E-state index contributed by atoms with van der Waals surface area (Å²) in [6.07, 6.45) is 2.74. The molecule has 1 saturated heterocycles. The molecular formula is C19H27N5OS. The lowest BCUT2D eigenvalue weighted by molar-refractivity contribution is 0.301. The molecule has 1 aliphatic rings. The Balaban J connectivity index is 1.54. The van der Waals surface area contributed by atoms with Crippen molar-refractivity contribution in [3.8, 4) is 5.88 Å². The van der Waals surface area contributed by atoms with E-state index >= 15 is 0 Å². The normalized spacial score (nSPS) is 15.2. The van der Waals surface area contributed by atoms with E-state index in [1.54, 1.807) is 17.5 Å². The van der Waals surface area contributed by atoms with Crippen molar-refractivity contribution < 1.29 is 4.74 Å². The van der Waals surface area contributed by atoms with E-state index < -0.39 is 0 Å². The Bertz CT molecular complexity index is 696. The Morgan fingerprint density at radius 1 is 1.27 bits per heavy atom. The highest BCUT2D eigenvalue weighted by Crippen LogP contribution is 2.22. The molecule has 0 saturated carbocycles. The number of hydrogen-bond donors (Lipinski definition) is 1. The third-order valence-electron chi connectivity index (χ3n) is 4.34. The zero-order valence-electron chi connectivity index (χ0n) is 15.5. The van der Waals surface area contributed by atoms with Crippen LogP contribution < -0.4 is 15.0 Å². The lowest BCUT2D eigenvalue weighted by atomic mass is 10.2. The van der Waals surface area contributed by atoms with Crippen LogP contribution in [0.1, 0.15) is 18.9 Å². The molecule has 140 valence electrons. The Kier molecular flexibility index (Phi) is 6.71. The van der Waals surface area contributed by atoms with E-state index in [9.17, 15) is 0 Å². The summed E-state index contributed by atoms with van der Waals surface area (Å²) < 4.78 is 5.74. The number of hydrogen-bond acceptors (Lipinski definition) is 5. The second kappa shape index (κ2) is 9.43. The molecule has 0 radical (unpaired) electrons. The molecule has 0 atom stereocenters. The van der Waals surface area contributed by atoms with E-state index in [2.05, 4.69) is 49.5 Å². The number of anilines is 1. The van der Waals surface area contributed by atoms with Crippen LogP contribution in [0.25, 0.3) is 0 Å². The number of rotatable bonds is 6. The predicted molar refractivity (Wildman–Crippen MR) is 108 cm³/mol. The van der Waals surface area contributed by atoms with Gasteiger partial charge in [0.2, 0.25) is 5.88 Å². The van der Waals surface area contributed by atoms with Crippen LogP contribution in [0, 0.1) is 0 Å². The first kappa shape index (κ1) is 18.5. The molecule has 3 rings (SSSR count). The average molecular weight is 374 g/mol. The van der Waals surface area contributed by atoms with Gasteiger partial charge in [-0.1, -0.05) is 13.0 Å². The van der Waals surface area contributed by atoms with Gasteiger partial charge in [0.15, 0.2) is 5.96 Å². The maximum Gasteiger partial charge on any atom is 0.218 e. The Morgan fingerprint density at radius 3 is 2.81 bits per heavy atom. The summed E-state index contributed by atoms with van der Waals surface area (Å²) in [5.74, 6) is 1.64. The largest absolute Gasteiger partial charge is 0.477 e. The number of nitrogens with zero attached hydrogens (tertiary/aromatic N) is 4. The van der Waals surface area contributed by atoms with Crippen molar-refractivity contribution >= 4 is 22.3 Å². The number of pyridine rings is 1. The van der Waals surface area contributed by atoms with Gasteiger partial charge in [0.05, 0.1) is 11.6 Å². The van der Waals surface area contributed by atoms with Gasteiger partial charge in [0.25, 0.3) is 0 Å². The van der Waals surface area contributed by atoms with Gasteiger partial charge >= 0.3 is 0 Å². The van der Waals surface area contributed by atoms with Crippen molar-refractivity contribution in [1.29, 1.82) is 0 Å². The summed E-state index contributed by atoms with van der Waals surface area (Å²) in [5, 5.41) is 6.94. The van der Waals surface area contributed by atoms with Crippen LogP contribution in [0.3, 0.4) is 0 Å². The third kappa shape index (κ3) is 4.66. The summed E-state index contributed by atoms with van der Waals surface area (Å²) >= 11 is 1.80. The van der Waals surface area contributed by atoms with Gasteiger partial charge in [0, 0.05) is 51.5 Å². The minimum atomic E-state index is 0.657. The van der Waals surface area contributed by atoms with Gasteiger partial charge in [-0.25, -0.2) is 4.98 Å². The first-order valence-electron chi connectivity index (χ1n) is 9.12. The van der Waals surface area contributed by atoms with Crippen molar-refractivity contribution in [1.82, 2.24) is 15.2 Å². The molecule has 2 aromatic heterocycles. The van der Waals surface area contributed by atoms with Crippen molar-refractivity contribution in [2.24, 2.45) is 4.99 Å². The van der Waals surface area contributed by atoms with Gasteiger partial charge < -0.3 is 19.9 Å². The van der Waals surface area contributed by atoms with E-state index in [1.807, 2.05) is 19.2 Å². The van der Waals surface area contributed by atoms with Crippen molar-refractivity contribution in [2.75, 3.05) is 44.7 Å². The van der Waals surface area contributed by atoms with Crippen LogP contribution in [0.2, 0.25) is 0 Å². The van der Waals surface area contributed by atoms with Crippen LogP contribution >= 0.6 is 11.3 Å². The van der Waals surface area contributed by atoms with Gasteiger partial charge in [-0.3, -0.25) is 4.99 Å². The van der Waals surface area contributed by atoms with E-state index in [0.29, 0.717) is 19.0 Å². The number of guanidine groups is 1. The molecule has 0 amide bonds. The van der Waals surface area contributed by atoms with Gasteiger partial charge in [0.1, 0.15) is 0 Å². The first-order valence-corrected chi connectivity index (χ1v) is 10.0. The highest BCUT2D eigenvalue weighted by Gasteiger charge is 2.20. The molecule has 0 aliphatic carbocycles. The fourth-order valence-electron chi connectivity index (χ4n) is 2.98. The smallest absolute Gasteiger partial charge is 0.218 e. The topological polar surface area (TPSA) is 53.0 Å². The molecule has 1 N–H and O–H groups in total. The Hall–Kier alpha value is -2.28. The predicted octanol–water partition coefficient (Wildman–Crippen LogP) is 2.83. The summed E-state index contributed by atoms with van der Waals surface area (Å²) in [5.41, 5.74) is 1.05. The lowest BCUT2D eigenvalue weighted by Crippen LogP contribution is -2.52. The number of ether oxygens (including phenoxy) is 1. The molecule has 6 nitrogen and oxygen atoms in total. The quantitative estimate of drug-likeness (QED) is 0.623. The minimum absolute atomic E-state index is 0.657. The number of piperazine rings is 1. The monoisotopic (exact) mass is 373 g/mol. The van der Waals surface area contributed by atoms with Crippen LogP contribution in [0.5, 0.6) is 5.88 Å². The molecule has 2 aromatic rings. The van der Waals surface area contributed by atoms with Crippen LogP contribution in [0.15, 0.2) is 40.8 Å². The van der Waals surface area contributed by atoms with Crippen molar-refractivity contribution in [3.63, 3.8) is 0 Å². The number of thiophene rings is 1. The minimum Gasteiger partial charge on any atom is -0.477 e. The molecule has 1 fully saturated rings. The Morgan fingerprint density at radius 2 is 2.12 bits per heavy atom. The molecule has 26 heavy (non-hydrogen) atoms. The molecule has 1 aliphatic heterocycles. The molecule has 3 heterocycles. The number of aromatic nitrogens is 1. The SMILES string of the molecule is CCCOc1ncccc1CNC(=NC)N1CCN(c2cccs2)CC1. The molecule has 0 unspecified atom stereocenters. The van der Waals surface area contributed by atoms with Crippen molar-refractivity contribution in [2.45, 2.75) is 19.9 Å². The number of nitrogens with one attached hydrogen (secondary N) is 1. The van der Waals surface area contributed by atoms with Crippen LogP contribution in [-0.4, -0.2) is 55.7 Å². The standard InChI is InChI=1S/C19H27N5OS/c1-3-13-25-18-16(6-4-8-21-18)15-22-19(20-2)24-11-9-23(10-12-24)17-7-5-14-26-17/h4-8,14H,3,9-13,15H2,1-2H3,(H,20,22). The van der Waals surface area contributed by atoms with E-state index in [-0.39, 0.29) is 0 Å². The first-order chi connectivity index (χ1) is 12.8. The van der Waals surface area contributed by atoms with Gasteiger partial charge in [-0.05, 0) is 30.0 Å².